The van der Waals surface area contributed by atoms with Crippen LogP contribution in [0.15, 0.2) is 359 Å². The van der Waals surface area contributed by atoms with Crippen molar-refractivity contribution in [2.24, 2.45) is 0 Å². The van der Waals surface area contributed by atoms with Crippen LogP contribution in [0.25, 0.3) is 44.5 Å². The Labute approximate surface area is 873 Å². The van der Waals surface area contributed by atoms with Gasteiger partial charge in [-0.2, -0.15) is 0 Å². The largest absolute Gasteiger partial charge is 0.310 e. The molecule has 0 fully saturated rings. The summed E-state index contributed by atoms with van der Waals surface area (Å²) in [5, 5.41) is 0. The highest BCUT2D eigenvalue weighted by molar-refractivity contribution is 9.11. The number of hydrogen-bond acceptors (Lipinski definition) is 2. The molecular formula is C128H119Br7N2. The van der Waals surface area contributed by atoms with Gasteiger partial charge in [0.05, 0.1) is 16.8 Å². The Bertz CT molecular complexity index is 6870. The van der Waals surface area contributed by atoms with Crippen molar-refractivity contribution < 1.29 is 0 Å². The number of unbranched alkanes of at least 4 members (excludes halogenated alkanes) is 5. The summed E-state index contributed by atoms with van der Waals surface area (Å²) >= 11 is 26.0. The van der Waals surface area contributed by atoms with Crippen molar-refractivity contribution in [1.82, 2.24) is 0 Å². The lowest BCUT2D eigenvalue weighted by Crippen LogP contribution is -2.31. The maximum Gasteiger partial charge on any atom is 0.0714 e. The van der Waals surface area contributed by atoms with E-state index in [1.807, 2.05) is 0 Å². The molecule has 0 heterocycles. The second kappa shape index (κ2) is 40.4. The van der Waals surface area contributed by atoms with Gasteiger partial charge in [0.2, 0.25) is 0 Å². The zero-order valence-corrected chi connectivity index (χ0v) is 92.3. The average molecular weight is 2240 g/mol. The van der Waals surface area contributed by atoms with Crippen LogP contribution in [0.1, 0.15) is 247 Å². The highest BCUT2D eigenvalue weighted by Crippen LogP contribution is 2.61. The summed E-state index contributed by atoms with van der Waals surface area (Å²) in [5.74, 6) is 1.29. The molecule has 16 aromatic rings. The minimum absolute atomic E-state index is 0.0793. The molecule has 21 rings (SSSR count). The van der Waals surface area contributed by atoms with E-state index in [1.165, 1.54) is 235 Å². The van der Waals surface area contributed by atoms with E-state index in [1.54, 1.807) is 0 Å². The molecule has 0 saturated carbocycles. The third-order valence-corrected chi connectivity index (χ3v) is 32.4. The Morgan fingerprint density at radius 3 is 1.12 bits per heavy atom. The first-order valence-corrected chi connectivity index (χ1v) is 54.1. The van der Waals surface area contributed by atoms with Gasteiger partial charge in [-0.25, -0.2) is 0 Å². The number of rotatable bonds is 18. The second-order valence-corrected chi connectivity index (χ2v) is 47.0. The monoisotopic (exact) mass is 2240 g/mol. The molecule has 2 unspecified atom stereocenters. The number of anilines is 6. The first-order valence-electron chi connectivity index (χ1n) is 48.6. The molecule has 2 nitrogen and oxygen atoms in total. The van der Waals surface area contributed by atoms with E-state index in [2.05, 4.69) is 553 Å². The quantitative estimate of drug-likeness (QED) is 0.0790. The molecule has 0 bridgehead atoms. The fourth-order valence-corrected chi connectivity index (χ4v) is 25.1. The van der Waals surface area contributed by atoms with Gasteiger partial charge in [-0.05, 0) is 372 Å². The number of fused-ring (bicyclic) bond motifs is 11. The third-order valence-electron chi connectivity index (χ3n) is 29.0. The topological polar surface area (TPSA) is 6.48 Å². The molecule has 0 amide bonds. The number of aryl methyl sites for hydroxylation is 6. The van der Waals surface area contributed by atoms with Gasteiger partial charge in [0.25, 0.3) is 0 Å². The van der Waals surface area contributed by atoms with Gasteiger partial charge in [0.1, 0.15) is 0 Å². The summed E-state index contributed by atoms with van der Waals surface area (Å²) in [6.45, 7) is 34.1. The van der Waals surface area contributed by atoms with Crippen LogP contribution in [0.5, 0.6) is 0 Å². The van der Waals surface area contributed by atoms with Crippen LogP contribution in [0.2, 0.25) is 0 Å². The lowest BCUT2D eigenvalue weighted by atomic mass is 9.64. The number of nitrogens with zero attached hydrogens (tertiary/aromatic N) is 2. The summed E-state index contributed by atoms with van der Waals surface area (Å²) in [7, 11) is 0. The highest BCUT2D eigenvalue weighted by Gasteiger charge is 2.49. The lowest BCUT2D eigenvalue weighted by Gasteiger charge is -2.38. The van der Waals surface area contributed by atoms with Crippen molar-refractivity contribution in [2.45, 2.75) is 195 Å². The van der Waals surface area contributed by atoms with E-state index in [0.29, 0.717) is 11.8 Å². The van der Waals surface area contributed by atoms with Gasteiger partial charge in [-0.1, -0.05) is 424 Å². The van der Waals surface area contributed by atoms with Crippen LogP contribution in [-0.4, -0.2) is 0 Å². The Balaban J connectivity index is 0.000000124. The van der Waals surface area contributed by atoms with E-state index >= 15 is 0 Å². The summed E-state index contributed by atoms with van der Waals surface area (Å²) < 4.78 is 7.72. The molecule has 0 aliphatic heterocycles. The highest BCUT2D eigenvalue weighted by atomic mass is 79.9. The molecule has 2 atom stereocenters. The van der Waals surface area contributed by atoms with E-state index in [-0.39, 0.29) is 21.7 Å². The van der Waals surface area contributed by atoms with Crippen molar-refractivity contribution in [2.75, 3.05) is 9.80 Å². The van der Waals surface area contributed by atoms with Crippen LogP contribution in [0, 0.1) is 41.5 Å². The second-order valence-electron chi connectivity index (χ2n) is 40.6. The molecule has 5 aliphatic carbocycles. The zero-order valence-electron chi connectivity index (χ0n) is 81.2. The maximum atomic E-state index is 3.81. The molecule has 0 spiro atoms. The Morgan fingerprint density at radius 2 is 0.686 bits per heavy atom. The van der Waals surface area contributed by atoms with Crippen LogP contribution in [-0.2, 0) is 34.5 Å². The smallest absolute Gasteiger partial charge is 0.0714 e. The van der Waals surface area contributed by atoms with Crippen molar-refractivity contribution in [3.05, 3.63) is 487 Å². The maximum absolute atomic E-state index is 3.81. The van der Waals surface area contributed by atoms with Gasteiger partial charge in [-0.3, -0.25) is 0 Å². The van der Waals surface area contributed by atoms with Crippen molar-refractivity contribution in [3.8, 4) is 33.4 Å². The predicted octanol–water partition coefficient (Wildman–Crippen LogP) is 40.2. The molecule has 0 saturated heterocycles. The van der Waals surface area contributed by atoms with E-state index in [9.17, 15) is 0 Å². The molecule has 0 radical (unpaired) electrons. The first-order chi connectivity index (χ1) is 65.8. The predicted molar refractivity (Wildman–Crippen MR) is 609 cm³/mol. The molecule has 9 heteroatoms. The Morgan fingerprint density at radius 1 is 0.307 bits per heavy atom. The minimum atomic E-state index is -0.296. The molecule has 0 aromatic heterocycles. The van der Waals surface area contributed by atoms with E-state index in [4.69, 9.17) is 0 Å². The van der Waals surface area contributed by atoms with Crippen molar-refractivity contribution >= 4 is 157 Å². The molecule has 5 aliphatic rings. The van der Waals surface area contributed by atoms with Crippen LogP contribution in [0.4, 0.5) is 34.1 Å². The molecule has 0 N–H and O–H groups in total. The zero-order chi connectivity index (χ0) is 96.3. The Hall–Kier alpha value is -9.78. The van der Waals surface area contributed by atoms with Crippen LogP contribution in [0.3, 0.4) is 0 Å². The van der Waals surface area contributed by atoms with Gasteiger partial charge in [0.15, 0.2) is 0 Å². The fourth-order valence-electron chi connectivity index (χ4n) is 22.2. The fraction of sp³-hybridized carbons (Fsp3) is 0.234. The van der Waals surface area contributed by atoms with Crippen LogP contribution >= 0.6 is 112 Å². The number of benzene rings is 16. The summed E-state index contributed by atoms with van der Waals surface area (Å²) in [4.78, 5) is 4.79. The van der Waals surface area contributed by atoms with Crippen LogP contribution < -0.4 is 9.80 Å². The van der Waals surface area contributed by atoms with Gasteiger partial charge in [-0.15, -0.1) is 0 Å². The van der Waals surface area contributed by atoms with Gasteiger partial charge < -0.3 is 9.80 Å². The minimum Gasteiger partial charge on any atom is -0.310 e. The average Bonchev–Trinajstić information content (AvgIpc) is 1.54. The summed E-state index contributed by atoms with van der Waals surface area (Å²) in [5.41, 5.74) is 48.8. The Kier molecular flexibility index (Phi) is 28.8. The van der Waals surface area contributed by atoms with Crippen molar-refractivity contribution in [1.29, 1.82) is 0 Å². The standard InChI is InChI=1S/C42H46Br2N2.C32H27Br.C28H30Br2.C26H16Br2/c1-27-23-31(41(5,6)7)24-28(2)39(27)45(35-15-11-33(43)12-16-35)37-19-21-38(22-20-37)46(36-17-13-34(44)14-18-36)40-29(3)25-32(26-30(40)4)42(8,9)10;1-18-4-10-26-27-11-9-25(33)17-31(27)32(30(26)12-18,23-7-5-21-13-19(2)28(21)15-23)24-8-6-22-14-20(3)29(22)16-24;1-3-4-5-6-7-8-16-28(21-11-9-10-20(2)17-21)26-18-22(29)12-14-24(26)25-15-13-23(30)19-27(25)28;27-19-14-18(15-20(28)16-19)25(17-8-2-1-3-9-17)26-23-12-6-4-10-21(23)22-11-5-7-13-24(22)26/h11-26H,1-10H3;4-12,15-17,19-20H,13-14H2,1-3H3;9-15,17-19H,3-8,16H2,1-2H3;1-16H. The van der Waals surface area contributed by atoms with E-state index < -0.39 is 0 Å². The van der Waals surface area contributed by atoms with E-state index in [0.717, 1.165) is 60.5 Å². The van der Waals surface area contributed by atoms with Gasteiger partial charge >= 0.3 is 0 Å². The third kappa shape index (κ3) is 19.4. The molecule has 16 aromatic carbocycles. The molecular weight excluding hydrogens is 2120 g/mol. The normalized spacial score (nSPS) is 15.2. The lowest BCUT2D eigenvalue weighted by molar-refractivity contribution is 0.506. The van der Waals surface area contributed by atoms with Crippen molar-refractivity contribution in [3.63, 3.8) is 0 Å². The number of halogens is 7. The molecule has 137 heavy (non-hydrogen) atoms. The van der Waals surface area contributed by atoms with Gasteiger partial charge in [0, 0.05) is 59.5 Å². The first kappa shape index (κ1) is 97.4. The molecule has 690 valence electrons. The summed E-state index contributed by atoms with van der Waals surface area (Å²) in [6, 6.07) is 122. The SMILES string of the molecule is Brc1cc(Br)cc(C(=C2c3ccccc3-c3ccccc32)c2ccccc2)c1.CCCCCCCCC1(c2cccc(C)c2)c2cc(Br)ccc2-c2ccc(Br)cc21.Cc1cc(C(C)(C)C)cc(C)c1N(c1ccc(Br)cc1)c1ccc(N(c2ccc(Br)cc2)c2c(C)cc(C(C)(C)C)cc2C)cc1.Cc1ccc2c(c1)C(c1ccc3c(c1)C(C)C3)(c1ccc3c(c1)C(C)C3)c1cc(Br)ccc1-2. The summed E-state index contributed by atoms with van der Waals surface area (Å²) in [6.07, 6.45) is 11.5. The number of hydrogen-bond donors (Lipinski definition) is 0.